The van der Waals surface area contributed by atoms with Gasteiger partial charge in [-0.3, -0.25) is 9.89 Å². The molecule has 2 fully saturated rings. The lowest BCUT2D eigenvalue weighted by molar-refractivity contribution is 0.0377. The summed E-state index contributed by atoms with van der Waals surface area (Å²) in [7, 11) is 0. The summed E-state index contributed by atoms with van der Waals surface area (Å²) in [5.41, 5.74) is 0. The van der Waals surface area contributed by atoms with E-state index in [-0.39, 0.29) is 24.0 Å². The normalized spacial score (nSPS) is 19.3. The summed E-state index contributed by atoms with van der Waals surface area (Å²) < 4.78 is 5.40. The Balaban J connectivity index is 0.00000243. The van der Waals surface area contributed by atoms with Crippen LogP contribution in [0.4, 0.5) is 5.00 Å². The van der Waals surface area contributed by atoms with Gasteiger partial charge in [0.1, 0.15) is 0 Å². The highest BCUT2D eigenvalue weighted by molar-refractivity contribution is 14.0. The van der Waals surface area contributed by atoms with Crippen LogP contribution in [0, 0.1) is 0 Å². The number of anilines is 1. The molecule has 0 atom stereocenters. The van der Waals surface area contributed by atoms with E-state index in [1.165, 1.54) is 5.00 Å². The zero-order valence-electron chi connectivity index (χ0n) is 15.7. The molecule has 26 heavy (non-hydrogen) atoms. The molecule has 1 aromatic rings. The lowest BCUT2D eigenvalue weighted by Gasteiger charge is -2.37. The number of nitrogens with zero attached hydrogens (tertiary/aromatic N) is 4. The van der Waals surface area contributed by atoms with Crippen molar-refractivity contribution in [2.45, 2.75) is 13.3 Å². The van der Waals surface area contributed by atoms with Crippen molar-refractivity contribution in [1.82, 2.24) is 15.1 Å². The summed E-state index contributed by atoms with van der Waals surface area (Å²) in [6.07, 6.45) is 1.12. The summed E-state index contributed by atoms with van der Waals surface area (Å²) in [6.45, 7) is 13.2. The van der Waals surface area contributed by atoms with Gasteiger partial charge in [0, 0.05) is 58.9 Å². The molecule has 2 aliphatic heterocycles. The maximum absolute atomic E-state index is 5.40. The smallest absolute Gasteiger partial charge is 0.194 e. The minimum Gasteiger partial charge on any atom is -0.379 e. The first-order chi connectivity index (χ1) is 12.4. The van der Waals surface area contributed by atoms with Crippen molar-refractivity contribution in [3.63, 3.8) is 0 Å². The fourth-order valence-electron chi connectivity index (χ4n) is 3.32. The van der Waals surface area contributed by atoms with Crippen molar-refractivity contribution in [2.75, 3.05) is 77.0 Å². The number of piperazine rings is 1. The maximum Gasteiger partial charge on any atom is 0.194 e. The van der Waals surface area contributed by atoms with Gasteiger partial charge in [0.05, 0.1) is 18.2 Å². The second kappa shape index (κ2) is 12.0. The first-order valence-electron chi connectivity index (χ1n) is 9.48. The highest BCUT2D eigenvalue weighted by Crippen LogP contribution is 2.22. The molecule has 1 aromatic heterocycles. The van der Waals surface area contributed by atoms with Crippen molar-refractivity contribution < 1.29 is 4.74 Å². The number of thiophene rings is 1. The van der Waals surface area contributed by atoms with Gasteiger partial charge in [0.2, 0.25) is 0 Å². The first-order valence-corrected chi connectivity index (χ1v) is 10.4. The quantitative estimate of drug-likeness (QED) is 0.285. The van der Waals surface area contributed by atoms with Gasteiger partial charge in [0.25, 0.3) is 0 Å². The molecule has 6 nitrogen and oxygen atoms in total. The van der Waals surface area contributed by atoms with Crippen LogP contribution >= 0.6 is 35.3 Å². The van der Waals surface area contributed by atoms with Crippen LogP contribution < -0.4 is 10.2 Å². The van der Waals surface area contributed by atoms with Gasteiger partial charge in [-0.15, -0.1) is 35.3 Å². The van der Waals surface area contributed by atoms with Crippen LogP contribution in [0.15, 0.2) is 22.5 Å². The van der Waals surface area contributed by atoms with Crippen LogP contribution in [0.3, 0.4) is 0 Å². The molecule has 0 unspecified atom stereocenters. The molecular weight excluding hydrogens is 461 g/mol. The predicted molar refractivity (Wildman–Crippen MR) is 121 cm³/mol. The monoisotopic (exact) mass is 493 g/mol. The SMILES string of the molecule is CCNC(=NCCCN1CCOCC1)N1CCN(c2cccs2)CC1.I. The van der Waals surface area contributed by atoms with E-state index in [1.54, 1.807) is 0 Å². The van der Waals surface area contributed by atoms with Crippen LogP contribution in [0.2, 0.25) is 0 Å². The number of aliphatic imine (C=N–C) groups is 1. The largest absolute Gasteiger partial charge is 0.379 e. The van der Waals surface area contributed by atoms with Crippen LogP contribution in [-0.4, -0.2) is 87.9 Å². The Hall–Kier alpha value is -0.580. The van der Waals surface area contributed by atoms with E-state index in [0.717, 1.165) is 84.5 Å². The van der Waals surface area contributed by atoms with Gasteiger partial charge in [-0.05, 0) is 30.9 Å². The second-order valence-electron chi connectivity index (χ2n) is 6.47. The number of guanidine groups is 1. The van der Waals surface area contributed by atoms with E-state index in [4.69, 9.17) is 9.73 Å². The van der Waals surface area contributed by atoms with Crippen LogP contribution in [-0.2, 0) is 4.74 Å². The number of ether oxygens (including phenoxy) is 1. The van der Waals surface area contributed by atoms with Gasteiger partial charge in [-0.25, -0.2) is 0 Å². The predicted octanol–water partition coefficient (Wildman–Crippen LogP) is 2.18. The number of morpholine rings is 1. The Labute approximate surface area is 178 Å². The number of rotatable bonds is 6. The minimum atomic E-state index is 0. The first kappa shape index (κ1) is 21.7. The Morgan fingerprint density at radius 3 is 2.62 bits per heavy atom. The molecule has 0 radical (unpaired) electrons. The Kier molecular flexibility index (Phi) is 10.0. The molecule has 3 rings (SSSR count). The molecule has 0 aliphatic carbocycles. The number of hydrogen-bond donors (Lipinski definition) is 1. The van der Waals surface area contributed by atoms with Gasteiger partial charge >= 0.3 is 0 Å². The third-order valence-electron chi connectivity index (χ3n) is 4.73. The summed E-state index contributed by atoms with van der Waals surface area (Å²) >= 11 is 1.83. The zero-order valence-corrected chi connectivity index (χ0v) is 18.9. The molecule has 3 heterocycles. The van der Waals surface area contributed by atoms with Crippen molar-refractivity contribution in [1.29, 1.82) is 0 Å². The van der Waals surface area contributed by atoms with Crippen LogP contribution in [0.1, 0.15) is 13.3 Å². The molecule has 0 saturated carbocycles. The van der Waals surface area contributed by atoms with E-state index >= 15 is 0 Å². The lowest BCUT2D eigenvalue weighted by atomic mass is 10.3. The topological polar surface area (TPSA) is 43.3 Å². The molecule has 0 bridgehead atoms. The summed E-state index contributed by atoms with van der Waals surface area (Å²) in [5.74, 6) is 1.08. The molecule has 0 amide bonds. The standard InChI is InChI=1S/C18H31N5OS.HI/c1-2-19-18(20-6-4-7-21-12-14-24-15-13-21)23-10-8-22(9-11-23)17-5-3-16-25-17;/h3,5,16H,2,4,6-15H2,1H3,(H,19,20);1H. The van der Waals surface area contributed by atoms with Crippen LogP contribution in [0.5, 0.6) is 0 Å². The molecule has 0 aromatic carbocycles. The third kappa shape index (κ3) is 6.54. The minimum absolute atomic E-state index is 0. The maximum atomic E-state index is 5.40. The second-order valence-corrected chi connectivity index (χ2v) is 7.39. The van der Waals surface area contributed by atoms with Crippen molar-refractivity contribution in [2.24, 2.45) is 4.99 Å². The molecule has 2 aliphatic rings. The van der Waals surface area contributed by atoms with Gasteiger partial charge in [-0.1, -0.05) is 0 Å². The summed E-state index contributed by atoms with van der Waals surface area (Å²) in [5, 5.41) is 7.00. The Morgan fingerprint density at radius 1 is 1.19 bits per heavy atom. The van der Waals surface area contributed by atoms with Crippen molar-refractivity contribution in [3.05, 3.63) is 17.5 Å². The molecular formula is C18H32IN5OS. The number of halogens is 1. The molecule has 0 spiro atoms. The highest BCUT2D eigenvalue weighted by atomic mass is 127. The summed E-state index contributed by atoms with van der Waals surface area (Å²) in [6, 6.07) is 4.34. The van der Waals surface area contributed by atoms with E-state index in [9.17, 15) is 0 Å². The Bertz CT molecular complexity index is 514. The number of hydrogen-bond acceptors (Lipinski definition) is 5. The average molecular weight is 493 g/mol. The Morgan fingerprint density at radius 2 is 1.96 bits per heavy atom. The highest BCUT2D eigenvalue weighted by Gasteiger charge is 2.20. The van der Waals surface area contributed by atoms with E-state index in [2.05, 4.69) is 44.5 Å². The average Bonchev–Trinajstić information content (AvgIpc) is 3.20. The fourth-order valence-corrected chi connectivity index (χ4v) is 4.10. The lowest BCUT2D eigenvalue weighted by Crippen LogP contribution is -2.52. The summed E-state index contributed by atoms with van der Waals surface area (Å²) in [4.78, 5) is 12.2. The fraction of sp³-hybridized carbons (Fsp3) is 0.722. The van der Waals surface area contributed by atoms with E-state index in [1.807, 2.05) is 11.3 Å². The molecule has 1 N–H and O–H groups in total. The van der Waals surface area contributed by atoms with Crippen molar-refractivity contribution in [3.8, 4) is 0 Å². The molecule has 148 valence electrons. The van der Waals surface area contributed by atoms with Gasteiger partial charge < -0.3 is 19.9 Å². The van der Waals surface area contributed by atoms with Crippen molar-refractivity contribution >= 4 is 46.3 Å². The van der Waals surface area contributed by atoms with E-state index < -0.39 is 0 Å². The number of nitrogens with one attached hydrogen (secondary N) is 1. The molecule has 8 heteroatoms. The zero-order chi connectivity index (χ0) is 17.3. The third-order valence-corrected chi connectivity index (χ3v) is 5.66. The molecule has 2 saturated heterocycles. The van der Waals surface area contributed by atoms with Gasteiger partial charge in [0.15, 0.2) is 5.96 Å². The van der Waals surface area contributed by atoms with Crippen LogP contribution in [0.25, 0.3) is 0 Å². The van der Waals surface area contributed by atoms with E-state index in [0.29, 0.717) is 0 Å². The van der Waals surface area contributed by atoms with Gasteiger partial charge in [-0.2, -0.15) is 0 Å².